The van der Waals surface area contributed by atoms with E-state index in [2.05, 4.69) is 21.9 Å². The van der Waals surface area contributed by atoms with Gasteiger partial charge in [-0.3, -0.25) is 9.36 Å². The molecule has 0 aliphatic heterocycles. The van der Waals surface area contributed by atoms with Gasteiger partial charge in [-0.25, -0.2) is 5.43 Å². The summed E-state index contributed by atoms with van der Waals surface area (Å²) in [6.45, 7) is 9.70. The third-order valence-corrected chi connectivity index (χ3v) is 5.05. The van der Waals surface area contributed by atoms with Crippen molar-refractivity contribution in [3.63, 3.8) is 0 Å². The summed E-state index contributed by atoms with van der Waals surface area (Å²) in [7, 11) is 0. The number of carbonyl (C=O) groups is 1. The van der Waals surface area contributed by atoms with Crippen molar-refractivity contribution in [1.82, 2.24) is 9.99 Å². The molecular weight excluding hydrogens is 378 g/mol. The summed E-state index contributed by atoms with van der Waals surface area (Å²) in [5.74, 6) is 0.982. The Hall–Kier alpha value is -3.79. The summed E-state index contributed by atoms with van der Waals surface area (Å²) >= 11 is 0. The largest absolute Gasteiger partial charge is 0.443 e. The van der Waals surface area contributed by atoms with E-state index in [1.165, 1.54) is 0 Å². The van der Waals surface area contributed by atoms with E-state index in [-0.39, 0.29) is 12.5 Å². The first kappa shape index (κ1) is 20.9. The molecule has 7 nitrogen and oxygen atoms in total. The Morgan fingerprint density at radius 2 is 1.90 bits per heavy atom. The number of amides is 1. The van der Waals surface area contributed by atoms with Gasteiger partial charge in [0.1, 0.15) is 17.4 Å². The minimum Gasteiger partial charge on any atom is -0.443 e. The van der Waals surface area contributed by atoms with Crippen LogP contribution >= 0.6 is 0 Å². The molecular formula is C23H25N5O2. The van der Waals surface area contributed by atoms with Crippen molar-refractivity contribution in [2.75, 3.05) is 11.9 Å². The van der Waals surface area contributed by atoms with E-state index in [0.29, 0.717) is 11.4 Å². The predicted molar refractivity (Wildman–Crippen MR) is 117 cm³/mol. The van der Waals surface area contributed by atoms with Crippen molar-refractivity contribution < 1.29 is 9.21 Å². The highest BCUT2D eigenvalue weighted by atomic mass is 16.4. The number of benzene rings is 1. The Kier molecular flexibility index (Phi) is 6.07. The van der Waals surface area contributed by atoms with E-state index < -0.39 is 0 Å². The Labute approximate surface area is 176 Å². The van der Waals surface area contributed by atoms with Crippen LogP contribution in [0.3, 0.4) is 0 Å². The van der Waals surface area contributed by atoms with Crippen LogP contribution in [0.4, 0.5) is 5.69 Å². The third kappa shape index (κ3) is 4.28. The molecule has 3 rings (SSSR count). The summed E-state index contributed by atoms with van der Waals surface area (Å²) in [6, 6.07) is 12.0. The number of rotatable bonds is 6. The summed E-state index contributed by atoms with van der Waals surface area (Å²) in [5, 5.41) is 16.6. The molecule has 0 unspecified atom stereocenters. The van der Waals surface area contributed by atoms with Crippen LogP contribution < -0.4 is 10.7 Å². The van der Waals surface area contributed by atoms with Gasteiger partial charge in [0.25, 0.3) is 5.91 Å². The molecule has 1 aromatic carbocycles. The van der Waals surface area contributed by atoms with Crippen LogP contribution in [-0.2, 0) is 4.79 Å². The lowest BCUT2D eigenvalue weighted by Crippen LogP contribution is -2.25. The van der Waals surface area contributed by atoms with Crippen LogP contribution in [0.1, 0.15) is 39.4 Å². The molecule has 0 bridgehead atoms. The molecule has 7 heteroatoms. The fraction of sp³-hybridized carbons (Fsp3) is 0.261. The molecule has 0 radical (unpaired) electrons. The number of furan rings is 1. The van der Waals surface area contributed by atoms with Crippen molar-refractivity contribution >= 4 is 17.8 Å². The standard InChI is InChI=1S/C23H25N5O2/c1-14-6-8-20(9-7-14)25-13-22(29)27-26-12-19-10-15(2)28(17(19)4)23-21(11-24)16(3)18(5)30-23/h6-10,12,25H,13H2,1-5H3,(H,27,29)/b26-12-. The third-order valence-electron chi connectivity index (χ3n) is 5.05. The van der Waals surface area contributed by atoms with Gasteiger partial charge in [-0.05, 0) is 52.8 Å². The first-order valence-electron chi connectivity index (χ1n) is 9.63. The number of anilines is 1. The highest BCUT2D eigenvalue weighted by Gasteiger charge is 2.20. The molecule has 0 saturated carbocycles. The van der Waals surface area contributed by atoms with Gasteiger partial charge in [0, 0.05) is 28.2 Å². The zero-order chi connectivity index (χ0) is 21.8. The number of nitrogens with zero attached hydrogens (tertiary/aromatic N) is 3. The smallest absolute Gasteiger partial charge is 0.259 e. The lowest BCUT2D eigenvalue weighted by atomic mass is 10.2. The van der Waals surface area contributed by atoms with Crippen molar-refractivity contribution in [3.8, 4) is 12.0 Å². The van der Waals surface area contributed by atoms with Gasteiger partial charge < -0.3 is 9.73 Å². The van der Waals surface area contributed by atoms with Gasteiger partial charge in [-0.15, -0.1) is 0 Å². The first-order chi connectivity index (χ1) is 14.3. The van der Waals surface area contributed by atoms with Gasteiger partial charge in [-0.2, -0.15) is 10.4 Å². The van der Waals surface area contributed by atoms with Crippen LogP contribution in [0.2, 0.25) is 0 Å². The maximum Gasteiger partial charge on any atom is 0.259 e. The maximum atomic E-state index is 12.0. The highest BCUT2D eigenvalue weighted by molar-refractivity contribution is 5.85. The van der Waals surface area contributed by atoms with Crippen LogP contribution in [0.15, 0.2) is 39.9 Å². The van der Waals surface area contributed by atoms with E-state index in [1.807, 2.05) is 69.5 Å². The van der Waals surface area contributed by atoms with Crippen LogP contribution in [-0.4, -0.2) is 23.2 Å². The van der Waals surface area contributed by atoms with Crippen molar-refractivity contribution in [2.45, 2.75) is 34.6 Å². The fourth-order valence-corrected chi connectivity index (χ4v) is 3.20. The molecule has 0 aliphatic carbocycles. The SMILES string of the molecule is Cc1ccc(NCC(=O)N/N=C\c2cc(C)n(-c3oc(C)c(C)c3C#N)c2C)cc1. The van der Waals surface area contributed by atoms with Gasteiger partial charge in [0.05, 0.1) is 12.8 Å². The molecule has 0 spiro atoms. The molecule has 0 aliphatic rings. The normalized spacial score (nSPS) is 10.9. The van der Waals surface area contributed by atoms with Crippen molar-refractivity contribution in [2.24, 2.45) is 5.10 Å². The molecule has 154 valence electrons. The topological polar surface area (TPSA) is 95.3 Å². The molecule has 0 atom stereocenters. The first-order valence-corrected chi connectivity index (χ1v) is 9.63. The lowest BCUT2D eigenvalue weighted by molar-refractivity contribution is -0.119. The summed E-state index contributed by atoms with van der Waals surface area (Å²) < 4.78 is 7.73. The fourth-order valence-electron chi connectivity index (χ4n) is 3.20. The number of hydrogen-bond donors (Lipinski definition) is 2. The number of nitriles is 1. The molecule has 2 heterocycles. The summed E-state index contributed by atoms with van der Waals surface area (Å²) in [5.41, 5.74) is 8.53. The van der Waals surface area contributed by atoms with Crippen LogP contribution in [0.25, 0.3) is 5.88 Å². The summed E-state index contributed by atoms with van der Waals surface area (Å²) in [4.78, 5) is 12.0. The van der Waals surface area contributed by atoms with E-state index in [0.717, 1.165) is 39.5 Å². The maximum absolute atomic E-state index is 12.0. The zero-order valence-electron chi connectivity index (χ0n) is 17.8. The number of hydrogen-bond acceptors (Lipinski definition) is 5. The number of nitrogens with one attached hydrogen (secondary N) is 2. The minimum absolute atomic E-state index is 0.121. The van der Waals surface area contributed by atoms with E-state index >= 15 is 0 Å². The zero-order valence-corrected chi connectivity index (χ0v) is 17.8. The average molecular weight is 403 g/mol. The van der Waals surface area contributed by atoms with Crippen LogP contribution in [0.5, 0.6) is 0 Å². The highest BCUT2D eigenvalue weighted by Crippen LogP contribution is 2.28. The molecule has 1 amide bonds. The Bertz CT molecular complexity index is 1140. The number of aromatic nitrogens is 1. The second-order valence-electron chi connectivity index (χ2n) is 7.25. The predicted octanol–water partition coefficient (Wildman–Crippen LogP) is 4.05. The van der Waals surface area contributed by atoms with Crippen molar-refractivity contribution in [3.05, 3.63) is 69.7 Å². The van der Waals surface area contributed by atoms with Gasteiger partial charge >= 0.3 is 0 Å². The number of aryl methyl sites for hydroxylation is 3. The Balaban J connectivity index is 1.69. The molecule has 2 N–H and O–H groups in total. The minimum atomic E-state index is -0.246. The van der Waals surface area contributed by atoms with E-state index in [1.54, 1.807) is 6.21 Å². The van der Waals surface area contributed by atoms with E-state index in [9.17, 15) is 10.1 Å². The van der Waals surface area contributed by atoms with Gasteiger partial charge in [0.2, 0.25) is 5.88 Å². The average Bonchev–Trinajstić information content (AvgIpc) is 3.15. The van der Waals surface area contributed by atoms with Gasteiger partial charge in [-0.1, -0.05) is 17.7 Å². The van der Waals surface area contributed by atoms with Crippen LogP contribution in [0, 0.1) is 45.9 Å². The Morgan fingerprint density at radius 1 is 1.20 bits per heavy atom. The number of carbonyl (C=O) groups excluding carboxylic acids is 1. The molecule has 3 aromatic rings. The van der Waals surface area contributed by atoms with Crippen molar-refractivity contribution in [1.29, 1.82) is 5.26 Å². The van der Waals surface area contributed by atoms with E-state index in [4.69, 9.17) is 4.42 Å². The Morgan fingerprint density at radius 3 is 2.57 bits per heavy atom. The summed E-state index contributed by atoms with van der Waals surface area (Å²) in [6.07, 6.45) is 1.59. The lowest BCUT2D eigenvalue weighted by Gasteiger charge is -2.06. The molecule has 0 saturated heterocycles. The van der Waals surface area contributed by atoms with Gasteiger partial charge in [0.15, 0.2) is 0 Å². The quantitative estimate of drug-likeness (QED) is 0.479. The molecule has 30 heavy (non-hydrogen) atoms. The second kappa shape index (κ2) is 8.70. The molecule has 0 fully saturated rings. The number of hydrazone groups is 1. The monoisotopic (exact) mass is 403 g/mol. The molecule has 2 aromatic heterocycles. The second-order valence-corrected chi connectivity index (χ2v) is 7.25.